The van der Waals surface area contributed by atoms with Crippen LogP contribution >= 0.6 is 0 Å². The molecule has 0 N–H and O–H groups in total. The minimum atomic E-state index is -4.65. The van der Waals surface area contributed by atoms with Crippen LogP contribution in [0.4, 0.5) is 18.8 Å². The fraction of sp³-hybridized carbons (Fsp3) is 0.500. The molecule has 1 aromatic rings. The van der Waals surface area contributed by atoms with E-state index in [2.05, 4.69) is 9.97 Å². The first-order valence-corrected chi connectivity index (χ1v) is 4.76. The van der Waals surface area contributed by atoms with Gasteiger partial charge in [-0.2, -0.15) is 0 Å². The van der Waals surface area contributed by atoms with Crippen LogP contribution in [0.1, 0.15) is 0 Å². The summed E-state index contributed by atoms with van der Waals surface area (Å²) in [7, 11) is 0. The van der Waals surface area contributed by atoms with Crippen LogP contribution < -0.4 is 56.3 Å². The van der Waals surface area contributed by atoms with Gasteiger partial charge in [0.15, 0.2) is 0 Å². The average molecular weight is 255 g/mol. The summed E-state index contributed by atoms with van der Waals surface area (Å²) in [5.41, 5.74) is 0. The van der Waals surface area contributed by atoms with Gasteiger partial charge in [0.25, 0.3) is 0 Å². The van der Waals surface area contributed by atoms with E-state index in [0.717, 1.165) is 0 Å². The van der Waals surface area contributed by atoms with E-state index < -0.39 is 13.3 Å². The molecule has 1 fully saturated rings. The van der Waals surface area contributed by atoms with Crippen molar-refractivity contribution in [2.45, 2.75) is 6.32 Å². The van der Waals surface area contributed by atoms with Gasteiger partial charge in [0, 0.05) is 19.3 Å². The topological polar surface area (TPSA) is 29.0 Å². The first kappa shape index (κ1) is 14.4. The minimum absolute atomic E-state index is 0. The first-order valence-electron chi connectivity index (χ1n) is 4.76. The van der Waals surface area contributed by atoms with Gasteiger partial charge in [-0.05, 0) is 12.0 Å². The Morgan fingerprint density at radius 1 is 1.38 bits per heavy atom. The normalized spacial score (nSPS) is 16.6. The summed E-state index contributed by atoms with van der Waals surface area (Å²) in [6.07, 6.45) is 2.35. The number of aromatic nitrogens is 2. The molecule has 0 saturated carbocycles. The molecule has 16 heavy (non-hydrogen) atoms. The van der Waals surface area contributed by atoms with Crippen LogP contribution in [-0.4, -0.2) is 30.0 Å². The van der Waals surface area contributed by atoms with Crippen LogP contribution in [0.5, 0.6) is 0 Å². The molecule has 1 aliphatic heterocycles. The summed E-state index contributed by atoms with van der Waals surface area (Å²) in [6, 6.07) is 1.70. The maximum absolute atomic E-state index is 12.1. The Morgan fingerprint density at radius 2 is 2.06 bits per heavy atom. The Bertz CT molecular complexity index is 329. The van der Waals surface area contributed by atoms with E-state index in [1.807, 2.05) is 4.90 Å². The summed E-state index contributed by atoms with van der Waals surface area (Å²) < 4.78 is 36.2. The van der Waals surface area contributed by atoms with Gasteiger partial charge in [-0.3, -0.25) is 0 Å². The van der Waals surface area contributed by atoms with Crippen molar-refractivity contribution in [3.05, 3.63) is 18.6 Å². The number of nitrogens with zero attached hydrogens (tertiary/aromatic N) is 3. The minimum Gasteiger partial charge on any atom is -0.449 e. The second-order valence-corrected chi connectivity index (χ2v) is 3.78. The van der Waals surface area contributed by atoms with Crippen LogP contribution in [0.15, 0.2) is 18.6 Å². The zero-order valence-corrected chi connectivity index (χ0v) is 12.1. The van der Waals surface area contributed by atoms with E-state index in [4.69, 9.17) is 0 Å². The predicted molar refractivity (Wildman–Crippen MR) is 51.6 cm³/mol. The van der Waals surface area contributed by atoms with E-state index in [1.54, 1.807) is 12.3 Å². The van der Waals surface area contributed by atoms with Gasteiger partial charge in [0.1, 0.15) is 12.1 Å². The molecule has 0 atom stereocenters. The standard InChI is InChI=1S/C8H10BF3N3.K/c10-9(11,12)3-7-4-15(5-7)8-1-2-13-6-14-8;/h1-2,6-7H,3-5H2;/q-1;+1. The van der Waals surface area contributed by atoms with Crippen LogP contribution in [0.25, 0.3) is 0 Å². The fourth-order valence-electron chi connectivity index (χ4n) is 1.75. The molecule has 0 radical (unpaired) electrons. The SMILES string of the molecule is F[B-](F)(F)CC1CN(c2ccncn2)C1.[K+]. The fourth-order valence-corrected chi connectivity index (χ4v) is 1.75. The van der Waals surface area contributed by atoms with Crippen LogP contribution in [0, 0.1) is 5.92 Å². The van der Waals surface area contributed by atoms with Crippen molar-refractivity contribution in [3.8, 4) is 0 Å². The van der Waals surface area contributed by atoms with Gasteiger partial charge in [-0.15, -0.1) is 0 Å². The Morgan fingerprint density at radius 3 is 2.56 bits per heavy atom. The maximum atomic E-state index is 12.1. The summed E-state index contributed by atoms with van der Waals surface area (Å²) in [5.74, 6) is 0.441. The molecule has 3 nitrogen and oxygen atoms in total. The molecule has 8 heteroatoms. The summed E-state index contributed by atoms with van der Waals surface area (Å²) in [6.45, 7) is -3.76. The van der Waals surface area contributed by atoms with Gasteiger partial charge in [-0.1, -0.05) is 6.32 Å². The second kappa shape index (κ2) is 5.81. The monoisotopic (exact) mass is 255 g/mol. The number of hydrogen-bond donors (Lipinski definition) is 0. The smallest absolute Gasteiger partial charge is 0.449 e. The van der Waals surface area contributed by atoms with E-state index >= 15 is 0 Å². The average Bonchev–Trinajstić information content (AvgIpc) is 2.11. The number of rotatable bonds is 3. The van der Waals surface area contributed by atoms with Gasteiger partial charge >= 0.3 is 58.4 Å². The Hall–Kier alpha value is 0.371. The van der Waals surface area contributed by atoms with Crippen molar-refractivity contribution in [3.63, 3.8) is 0 Å². The molecule has 0 amide bonds. The van der Waals surface area contributed by atoms with Crippen molar-refractivity contribution in [1.82, 2.24) is 9.97 Å². The molecule has 1 aromatic heterocycles. The first-order chi connectivity index (χ1) is 7.04. The second-order valence-electron chi connectivity index (χ2n) is 3.78. The Balaban J connectivity index is 0.00000128. The molecule has 82 valence electrons. The van der Waals surface area contributed by atoms with Crippen molar-refractivity contribution >= 4 is 12.8 Å². The van der Waals surface area contributed by atoms with Gasteiger partial charge < -0.3 is 17.8 Å². The van der Waals surface area contributed by atoms with Gasteiger partial charge in [-0.25, -0.2) is 9.97 Å². The third-order valence-electron chi connectivity index (χ3n) is 2.45. The van der Waals surface area contributed by atoms with E-state index in [9.17, 15) is 12.9 Å². The molecular weight excluding hydrogens is 245 g/mol. The molecule has 0 aliphatic carbocycles. The summed E-state index contributed by atoms with van der Waals surface area (Å²) in [5, 5.41) is 0. The number of anilines is 1. The van der Waals surface area contributed by atoms with Crippen molar-refractivity contribution < 1.29 is 64.3 Å². The van der Waals surface area contributed by atoms with Gasteiger partial charge in [0.2, 0.25) is 0 Å². The molecule has 0 unspecified atom stereocenters. The zero-order valence-electron chi connectivity index (χ0n) is 8.98. The summed E-state index contributed by atoms with van der Waals surface area (Å²) >= 11 is 0. The van der Waals surface area contributed by atoms with Gasteiger partial charge in [0.05, 0.1) is 0 Å². The van der Waals surface area contributed by atoms with Crippen molar-refractivity contribution in [1.29, 1.82) is 0 Å². The number of halogens is 3. The third-order valence-corrected chi connectivity index (χ3v) is 2.45. The largest absolute Gasteiger partial charge is 1.00 e. The van der Waals surface area contributed by atoms with E-state index in [0.29, 0.717) is 18.9 Å². The Kier molecular flexibility index (Phi) is 5.24. The number of hydrogen-bond acceptors (Lipinski definition) is 3. The predicted octanol–water partition coefficient (Wildman–Crippen LogP) is -1.24. The molecule has 0 bridgehead atoms. The maximum Gasteiger partial charge on any atom is 1.00 e. The molecule has 2 heterocycles. The molecule has 1 aliphatic rings. The van der Waals surface area contributed by atoms with Crippen LogP contribution in [0.3, 0.4) is 0 Å². The third kappa shape index (κ3) is 3.99. The quantitative estimate of drug-likeness (QED) is 0.633. The van der Waals surface area contributed by atoms with E-state index in [-0.39, 0.29) is 57.3 Å². The molecule has 0 aromatic carbocycles. The summed E-state index contributed by atoms with van der Waals surface area (Å²) in [4.78, 5) is 9.55. The van der Waals surface area contributed by atoms with Crippen LogP contribution in [0.2, 0.25) is 6.32 Å². The van der Waals surface area contributed by atoms with Crippen LogP contribution in [-0.2, 0) is 0 Å². The van der Waals surface area contributed by atoms with Crippen molar-refractivity contribution in [2.75, 3.05) is 18.0 Å². The zero-order chi connectivity index (χ0) is 10.9. The molecule has 2 rings (SSSR count). The molecule has 1 saturated heterocycles. The van der Waals surface area contributed by atoms with E-state index in [1.165, 1.54) is 6.33 Å². The molecular formula is C8H10BF3KN3. The van der Waals surface area contributed by atoms with Crippen molar-refractivity contribution in [2.24, 2.45) is 5.92 Å². The Labute approximate surface area is 134 Å². The molecule has 0 spiro atoms.